The van der Waals surface area contributed by atoms with Crippen LogP contribution in [0.25, 0.3) is 0 Å². The van der Waals surface area contributed by atoms with Crippen molar-refractivity contribution in [1.29, 1.82) is 5.26 Å². The molecule has 2 aromatic carbocycles. The number of benzene rings is 2. The van der Waals surface area contributed by atoms with Gasteiger partial charge in [0.2, 0.25) is 0 Å². The van der Waals surface area contributed by atoms with Crippen LogP contribution in [-0.2, 0) is 5.41 Å². The lowest BCUT2D eigenvalue weighted by Gasteiger charge is -2.38. The molecule has 2 heterocycles. The van der Waals surface area contributed by atoms with Crippen LogP contribution in [0.5, 0.6) is 11.5 Å². The SMILES string of the molecule is CC(C)C(C#N)(CCCN1CCN(CC2COc3ccccc3O2)CC1)c1ccccc1. The summed E-state index contributed by atoms with van der Waals surface area (Å²) >= 11 is 0. The summed E-state index contributed by atoms with van der Waals surface area (Å²) in [5.41, 5.74) is 0.746. The van der Waals surface area contributed by atoms with E-state index in [1.165, 1.54) is 0 Å². The Balaban J connectivity index is 1.23. The van der Waals surface area contributed by atoms with E-state index in [1.807, 2.05) is 42.5 Å². The smallest absolute Gasteiger partial charge is 0.161 e. The molecule has 2 unspecified atom stereocenters. The zero-order chi connectivity index (χ0) is 22.4. The maximum Gasteiger partial charge on any atom is 0.161 e. The van der Waals surface area contributed by atoms with E-state index in [2.05, 4.69) is 41.8 Å². The van der Waals surface area contributed by atoms with Gasteiger partial charge in [-0.05, 0) is 43.0 Å². The summed E-state index contributed by atoms with van der Waals surface area (Å²) in [5, 5.41) is 10.1. The fraction of sp³-hybridized carbons (Fsp3) is 0.519. The minimum atomic E-state index is -0.405. The number of fused-ring (bicyclic) bond motifs is 1. The molecule has 2 atom stereocenters. The minimum Gasteiger partial charge on any atom is -0.486 e. The Morgan fingerprint density at radius 3 is 2.31 bits per heavy atom. The van der Waals surface area contributed by atoms with Gasteiger partial charge in [-0.25, -0.2) is 0 Å². The molecule has 170 valence electrons. The van der Waals surface area contributed by atoms with E-state index in [9.17, 15) is 5.26 Å². The number of ether oxygens (including phenoxy) is 2. The van der Waals surface area contributed by atoms with Crippen molar-refractivity contribution in [3.8, 4) is 17.6 Å². The third-order valence-corrected chi connectivity index (χ3v) is 7.01. The van der Waals surface area contributed by atoms with Crippen LogP contribution in [0.1, 0.15) is 32.3 Å². The van der Waals surface area contributed by atoms with Gasteiger partial charge >= 0.3 is 0 Å². The molecule has 0 aromatic heterocycles. The molecule has 0 bridgehead atoms. The summed E-state index contributed by atoms with van der Waals surface area (Å²) in [7, 11) is 0. The second kappa shape index (κ2) is 10.4. The summed E-state index contributed by atoms with van der Waals surface area (Å²) < 4.78 is 12.0. The average Bonchev–Trinajstić information content (AvgIpc) is 2.83. The second-order valence-corrected chi connectivity index (χ2v) is 9.35. The predicted octanol–water partition coefficient (Wildman–Crippen LogP) is 4.34. The highest BCUT2D eigenvalue weighted by Crippen LogP contribution is 2.36. The molecule has 5 nitrogen and oxygen atoms in total. The topological polar surface area (TPSA) is 48.7 Å². The Morgan fingerprint density at radius 2 is 1.62 bits per heavy atom. The lowest BCUT2D eigenvalue weighted by atomic mass is 9.70. The molecule has 0 saturated carbocycles. The molecule has 1 saturated heterocycles. The quantitative estimate of drug-likeness (QED) is 0.620. The Morgan fingerprint density at radius 1 is 0.969 bits per heavy atom. The highest BCUT2D eigenvalue weighted by molar-refractivity contribution is 5.40. The van der Waals surface area contributed by atoms with Crippen molar-refractivity contribution in [2.24, 2.45) is 5.92 Å². The zero-order valence-electron chi connectivity index (χ0n) is 19.4. The molecular formula is C27H35N3O2. The first-order valence-electron chi connectivity index (χ1n) is 11.9. The summed E-state index contributed by atoms with van der Waals surface area (Å²) in [6.07, 6.45) is 2.03. The summed E-state index contributed by atoms with van der Waals surface area (Å²) in [6.45, 7) is 11.1. The van der Waals surface area contributed by atoms with Gasteiger partial charge in [-0.15, -0.1) is 0 Å². The summed E-state index contributed by atoms with van der Waals surface area (Å²) in [6, 6.07) is 20.9. The average molecular weight is 434 g/mol. The largest absolute Gasteiger partial charge is 0.486 e. The van der Waals surface area contributed by atoms with Gasteiger partial charge in [0.15, 0.2) is 11.5 Å². The monoisotopic (exact) mass is 433 g/mol. The van der Waals surface area contributed by atoms with Gasteiger partial charge in [-0.3, -0.25) is 4.90 Å². The van der Waals surface area contributed by atoms with Crippen LogP contribution in [0.2, 0.25) is 0 Å². The minimum absolute atomic E-state index is 0.0876. The van der Waals surface area contributed by atoms with Crippen molar-refractivity contribution >= 4 is 0 Å². The van der Waals surface area contributed by atoms with Gasteiger partial charge in [0.05, 0.1) is 11.5 Å². The van der Waals surface area contributed by atoms with Gasteiger partial charge in [-0.2, -0.15) is 5.26 Å². The fourth-order valence-corrected chi connectivity index (χ4v) is 4.97. The summed E-state index contributed by atoms with van der Waals surface area (Å²) in [4.78, 5) is 5.02. The molecule has 32 heavy (non-hydrogen) atoms. The number of piperazine rings is 1. The number of nitriles is 1. The zero-order valence-corrected chi connectivity index (χ0v) is 19.4. The lowest BCUT2D eigenvalue weighted by Crippen LogP contribution is -2.50. The molecule has 2 aliphatic heterocycles. The van der Waals surface area contributed by atoms with Crippen LogP contribution in [0, 0.1) is 17.2 Å². The van der Waals surface area contributed by atoms with E-state index in [0.717, 1.165) is 69.2 Å². The molecule has 4 rings (SSSR count). The standard InChI is InChI=1S/C27H35N3O2/c1-22(2)27(21-28,23-9-4-3-5-10-23)13-8-14-29-15-17-30(18-16-29)19-24-20-31-25-11-6-7-12-26(25)32-24/h3-7,9-12,22,24H,8,13-20H2,1-2H3. The number of nitrogens with zero attached hydrogens (tertiary/aromatic N) is 3. The van der Waals surface area contributed by atoms with Gasteiger partial charge in [-0.1, -0.05) is 56.3 Å². The molecular weight excluding hydrogens is 398 g/mol. The molecule has 0 N–H and O–H groups in total. The van der Waals surface area contributed by atoms with Crippen LogP contribution >= 0.6 is 0 Å². The van der Waals surface area contributed by atoms with E-state index in [0.29, 0.717) is 6.61 Å². The lowest BCUT2D eigenvalue weighted by molar-refractivity contribution is 0.0399. The van der Waals surface area contributed by atoms with Crippen LogP contribution in [0.3, 0.4) is 0 Å². The van der Waals surface area contributed by atoms with Crippen LogP contribution in [0.4, 0.5) is 0 Å². The van der Waals surface area contributed by atoms with Crippen molar-refractivity contribution in [3.63, 3.8) is 0 Å². The van der Waals surface area contributed by atoms with Crippen LogP contribution in [0.15, 0.2) is 54.6 Å². The highest BCUT2D eigenvalue weighted by Gasteiger charge is 2.35. The van der Waals surface area contributed by atoms with E-state index in [-0.39, 0.29) is 12.0 Å². The normalized spacial score (nSPS) is 21.1. The number of hydrogen-bond donors (Lipinski definition) is 0. The van der Waals surface area contributed by atoms with Crippen molar-refractivity contribution in [2.75, 3.05) is 45.9 Å². The van der Waals surface area contributed by atoms with Gasteiger partial charge in [0.1, 0.15) is 12.7 Å². The summed E-state index contributed by atoms with van der Waals surface area (Å²) in [5.74, 6) is 1.99. The van der Waals surface area contributed by atoms with Gasteiger partial charge in [0.25, 0.3) is 0 Å². The van der Waals surface area contributed by atoms with Gasteiger partial charge < -0.3 is 14.4 Å². The molecule has 0 aliphatic carbocycles. The molecule has 0 amide bonds. The van der Waals surface area contributed by atoms with Crippen molar-refractivity contribution in [1.82, 2.24) is 9.80 Å². The van der Waals surface area contributed by atoms with Crippen molar-refractivity contribution < 1.29 is 9.47 Å². The Labute approximate surface area is 192 Å². The van der Waals surface area contributed by atoms with Crippen molar-refractivity contribution in [3.05, 3.63) is 60.2 Å². The maximum atomic E-state index is 10.1. The Hall–Kier alpha value is -2.55. The first kappa shape index (κ1) is 22.6. The number of hydrogen-bond acceptors (Lipinski definition) is 5. The van der Waals surface area contributed by atoms with E-state index < -0.39 is 5.41 Å². The predicted molar refractivity (Wildman–Crippen MR) is 127 cm³/mol. The third kappa shape index (κ3) is 5.09. The van der Waals surface area contributed by atoms with E-state index in [1.54, 1.807) is 0 Å². The van der Waals surface area contributed by atoms with E-state index in [4.69, 9.17) is 9.47 Å². The molecule has 5 heteroatoms. The second-order valence-electron chi connectivity index (χ2n) is 9.35. The Kier molecular flexibility index (Phi) is 7.34. The molecule has 0 radical (unpaired) electrons. The van der Waals surface area contributed by atoms with Crippen LogP contribution < -0.4 is 9.47 Å². The maximum absolute atomic E-state index is 10.1. The first-order valence-corrected chi connectivity index (χ1v) is 11.9. The number of para-hydroxylation sites is 2. The Bertz CT molecular complexity index is 903. The number of rotatable bonds is 8. The van der Waals surface area contributed by atoms with Crippen molar-refractivity contribution in [2.45, 2.75) is 38.2 Å². The molecule has 1 fully saturated rings. The van der Waals surface area contributed by atoms with Gasteiger partial charge in [0, 0.05) is 32.7 Å². The molecule has 0 spiro atoms. The molecule has 2 aromatic rings. The highest BCUT2D eigenvalue weighted by atomic mass is 16.6. The van der Waals surface area contributed by atoms with Crippen LogP contribution in [-0.4, -0.2) is 61.8 Å². The third-order valence-electron chi connectivity index (χ3n) is 7.01. The van der Waals surface area contributed by atoms with E-state index >= 15 is 0 Å². The first-order chi connectivity index (χ1) is 15.6. The fourth-order valence-electron chi connectivity index (χ4n) is 4.97. The molecule has 2 aliphatic rings.